The van der Waals surface area contributed by atoms with Crippen molar-refractivity contribution >= 4 is 11.8 Å². The first-order valence-electron chi connectivity index (χ1n) is 10.7. The lowest BCUT2D eigenvalue weighted by molar-refractivity contribution is -0.948. The Morgan fingerprint density at radius 1 is 0.967 bits per heavy atom. The molecule has 0 atom stereocenters. The lowest BCUT2D eigenvalue weighted by Gasteiger charge is -2.45. The van der Waals surface area contributed by atoms with Crippen LogP contribution in [0.15, 0.2) is 46.9 Å². The molecule has 1 aromatic carbocycles. The molecule has 30 heavy (non-hydrogen) atoms. The molecule has 0 saturated carbocycles. The number of piperidine rings is 2. The van der Waals surface area contributed by atoms with Crippen LogP contribution in [0.25, 0.3) is 0 Å². The van der Waals surface area contributed by atoms with Gasteiger partial charge in [-0.1, -0.05) is 24.1 Å². The molecule has 3 N–H and O–H groups in total. The van der Waals surface area contributed by atoms with E-state index in [1.165, 1.54) is 11.3 Å². The molecular formula is C24H28N3O3+. The number of quaternary nitrogens is 1. The number of nitrogens with one attached hydrogen (secondary N) is 1. The Morgan fingerprint density at radius 3 is 2.33 bits per heavy atom. The second kappa shape index (κ2) is 8.76. The molecule has 0 aliphatic carbocycles. The van der Waals surface area contributed by atoms with E-state index in [0.717, 1.165) is 31.5 Å². The van der Waals surface area contributed by atoms with E-state index in [2.05, 4.69) is 11.8 Å². The van der Waals surface area contributed by atoms with E-state index in [1.807, 2.05) is 30.3 Å². The number of nitrogens with two attached hydrogens (primary N) is 1. The summed E-state index contributed by atoms with van der Waals surface area (Å²) in [5.41, 5.74) is 6.19. The lowest BCUT2D eigenvalue weighted by Crippen LogP contribution is -3.22. The Kier molecular flexibility index (Phi) is 5.91. The molecule has 2 amide bonds. The second-order valence-electron chi connectivity index (χ2n) is 8.18. The number of likely N-dealkylation sites (tertiary alicyclic amines) is 2. The first kappa shape index (κ1) is 20.2. The highest BCUT2D eigenvalue weighted by Crippen LogP contribution is 2.22. The minimum Gasteiger partial charge on any atom is -0.443 e. The van der Waals surface area contributed by atoms with Crippen LogP contribution in [0.3, 0.4) is 0 Å². The van der Waals surface area contributed by atoms with Gasteiger partial charge in [-0.2, -0.15) is 0 Å². The summed E-state index contributed by atoms with van der Waals surface area (Å²) in [6.07, 6.45) is 4.69. The van der Waals surface area contributed by atoms with Crippen LogP contribution < -0.4 is 10.6 Å². The fraction of sp³-hybridized carbons (Fsp3) is 0.417. The standard InChI is InChI=1S/C24H27N3O3/c25-23(29)24(27-15-5-2-6-16-27)13-17-26(18-14-24)22(28)21-12-11-20(30-21)10-9-19-7-3-1-4-8-19/h1,3-4,7-8,11-12H,2,5-6,13-18H2,(H2,25,29)/p+1. The van der Waals surface area contributed by atoms with E-state index in [-0.39, 0.29) is 17.6 Å². The van der Waals surface area contributed by atoms with Gasteiger partial charge >= 0.3 is 0 Å². The van der Waals surface area contributed by atoms with E-state index in [1.54, 1.807) is 17.0 Å². The number of amides is 2. The zero-order valence-electron chi connectivity index (χ0n) is 17.2. The van der Waals surface area contributed by atoms with Gasteiger partial charge in [0.25, 0.3) is 11.8 Å². The van der Waals surface area contributed by atoms with Crippen molar-refractivity contribution in [3.8, 4) is 11.8 Å². The number of carbonyl (C=O) groups is 2. The summed E-state index contributed by atoms with van der Waals surface area (Å²) in [7, 11) is 0. The Bertz CT molecular complexity index is 956. The SMILES string of the molecule is NC(=O)C1([NH+]2CCCCC2)CCN(C(=O)c2ccc(C#Cc3ccccc3)o2)CC1. The molecule has 2 saturated heterocycles. The van der Waals surface area contributed by atoms with E-state index < -0.39 is 5.54 Å². The van der Waals surface area contributed by atoms with Crippen LogP contribution in [0.5, 0.6) is 0 Å². The number of rotatable bonds is 3. The number of furan rings is 1. The lowest BCUT2D eigenvalue weighted by atomic mass is 9.83. The van der Waals surface area contributed by atoms with Crippen molar-refractivity contribution in [2.75, 3.05) is 26.2 Å². The van der Waals surface area contributed by atoms with E-state index in [4.69, 9.17) is 10.2 Å². The molecular weight excluding hydrogens is 378 g/mol. The van der Waals surface area contributed by atoms with Crippen molar-refractivity contribution in [2.24, 2.45) is 5.73 Å². The smallest absolute Gasteiger partial charge is 0.289 e. The zero-order chi connectivity index (χ0) is 21.0. The maximum Gasteiger partial charge on any atom is 0.289 e. The van der Waals surface area contributed by atoms with Crippen molar-refractivity contribution < 1.29 is 18.9 Å². The predicted molar refractivity (Wildman–Crippen MR) is 113 cm³/mol. The van der Waals surface area contributed by atoms with Gasteiger partial charge in [0.2, 0.25) is 0 Å². The Labute approximate surface area is 177 Å². The quantitative estimate of drug-likeness (QED) is 0.752. The van der Waals surface area contributed by atoms with Crippen LogP contribution in [0.1, 0.15) is 54.0 Å². The highest BCUT2D eigenvalue weighted by Gasteiger charge is 2.49. The molecule has 0 unspecified atom stereocenters. The van der Waals surface area contributed by atoms with Gasteiger partial charge in [0.1, 0.15) is 0 Å². The highest BCUT2D eigenvalue weighted by molar-refractivity contribution is 5.92. The van der Waals surface area contributed by atoms with Crippen molar-refractivity contribution in [1.29, 1.82) is 0 Å². The Balaban J connectivity index is 1.41. The van der Waals surface area contributed by atoms with Crippen molar-refractivity contribution in [1.82, 2.24) is 4.90 Å². The average Bonchev–Trinajstić information content (AvgIpc) is 3.27. The molecule has 0 bridgehead atoms. The fourth-order valence-corrected chi connectivity index (χ4v) is 4.65. The topological polar surface area (TPSA) is 81.0 Å². The van der Waals surface area contributed by atoms with Crippen LogP contribution in [-0.4, -0.2) is 48.4 Å². The number of carbonyl (C=O) groups excluding carboxylic acids is 2. The maximum absolute atomic E-state index is 12.9. The molecule has 0 spiro atoms. The fourth-order valence-electron chi connectivity index (χ4n) is 4.65. The normalized spacial score (nSPS) is 19.0. The molecule has 6 heteroatoms. The molecule has 2 aliphatic rings. The molecule has 2 aromatic rings. The third-order valence-corrected chi connectivity index (χ3v) is 6.43. The van der Waals surface area contributed by atoms with Crippen LogP contribution in [0.4, 0.5) is 0 Å². The van der Waals surface area contributed by atoms with Crippen LogP contribution in [0, 0.1) is 11.8 Å². The predicted octanol–water partition coefficient (Wildman–Crippen LogP) is 1.21. The van der Waals surface area contributed by atoms with Crippen molar-refractivity contribution in [3.63, 3.8) is 0 Å². The Hall–Kier alpha value is -3.04. The summed E-state index contributed by atoms with van der Waals surface area (Å²) in [5, 5.41) is 0. The van der Waals surface area contributed by atoms with E-state index >= 15 is 0 Å². The number of nitrogens with zero attached hydrogens (tertiary/aromatic N) is 1. The van der Waals surface area contributed by atoms with Gasteiger partial charge in [0.15, 0.2) is 17.1 Å². The van der Waals surface area contributed by atoms with Crippen LogP contribution in [0.2, 0.25) is 0 Å². The second-order valence-corrected chi connectivity index (χ2v) is 8.18. The number of hydrogen-bond donors (Lipinski definition) is 2. The third kappa shape index (κ3) is 4.12. The monoisotopic (exact) mass is 406 g/mol. The number of hydrogen-bond acceptors (Lipinski definition) is 3. The van der Waals surface area contributed by atoms with Crippen molar-refractivity contribution in [3.05, 3.63) is 59.5 Å². The van der Waals surface area contributed by atoms with Crippen LogP contribution >= 0.6 is 0 Å². The van der Waals surface area contributed by atoms with Gasteiger partial charge < -0.3 is 20.0 Å². The Morgan fingerprint density at radius 2 is 1.67 bits per heavy atom. The molecule has 1 aromatic heterocycles. The molecule has 4 rings (SSSR count). The van der Waals surface area contributed by atoms with Gasteiger partial charge in [-0.05, 0) is 49.4 Å². The summed E-state index contributed by atoms with van der Waals surface area (Å²) in [6, 6.07) is 13.0. The maximum atomic E-state index is 12.9. The molecule has 2 fully saturated rings. The van der Waals surface area contributed by atoms with Gasteiger partial charge in [-0.15, -0.1) is 0 Å². The summed E-state index contributed by atoms with van der Waals surface area (Å²) in [4.78, 5) is 28.3. The molecule has 6 nitrogen and oxygen atoms in total. The molecule has 2 aliphatic heterocycles. The summed E-state index contributed by atoms with van der Waals surface area (Å²) >= 11 is 0. The average molecular weight is 407 g/mol. The van der Waals surface area contributed by atoms with E-state index in [0.29, 0.717) is 31.7 Å². The molecule has 0 radical (unpaired) electrons. The number of benzene rings is 1. The van der Waals surface area contributed by atoms with Gasteiger partial charge in [0, 0.05) is 31.5 Å². The van der Waals surface area contributed by atoms with E-state index in [9.17, 15) is 9.59 Å². The summed E-state index contributed by atoms with van der Waals surface area (Å²) < 4.78 is 5.67. The van der Waals surface area contributed by atoms with Gasteiger partial charge in [-0.25, -0.2) is 0 Å². The van der Waals surface area contributed by atoms with Crippen molar-refractivity contribution in [2.45, 2.75) is 37.6 Å². The minimum atomic E-state index is -0.549. The van der Waals surface area contributed by atoms with Crippen LogP contribution in [-0.2, 0) is 4.79 Å². The van der Waals surface area contributed by atoms with Gasteiger partial charge in [0.05, 0.1) is 13.1 Å². The zero-order valence-corrected chi connectivity index (χ0v) is 17.2. The molecule has 3 heterocycles. The van der Waals surface area contributed by atoms with Gasteiger partial charge in [-0.3, -0.25) is 9.59 Å². The largest absolute Gasteiger partial charge is 0.443 e. The third-order valence-electron chi connectivity index (χ3n) is 6.43. The molecule has 156 valence electrons. The highest BCUT2D eigenvalue weighted by atomic mass is 16.3. The first-order valence-corrected chi connectivity index (χ1v) is 10.7. The minimum absolute atomic E-state index is 0.158. The first-order chi connectivity index (χ1) is 14.6. The summed E-state index contributed by atoms with van der Waals surface area (Å²) in [5.74, 6) is 6.34. The number of primary amides is 1. The summed E-state index contributed by atoms with van der Waals surface area (Å²) in [6.45, 7) is 2.99.